The molecule has 0 aliphatic heterocycles. The minimum Gasteiger partial charge on any atom is -0.274 e. The van der Waals surface area contributed by atoms with Gasteiger partial charge in [0.2, 0.25) is 5.91 Å². The highest BCUT2D eigenvalue weighted by Crippen LogP contribution is 1.72. The smallest absolute Gasteiger partial charge is 0.243 e. The third-order valence-corrected chi connectivity index (χ3v) is 0.557. The van der Waals surface area contributed by atoms with Crippen molar-refractivity contribution in [3.63, 3.8) is 0 Å². The van der Waals surface area contributed by atoms with Crippen molar-refractivity contribution in [2.24, 2.45) is 0 Å². The normalized spacial score (nSPS) is 8.75. The number of hydroxylamine groups is 1. The maximum atomic E-state index is 10.3. The molecule has 3 nitrogen and oxygen atoms in total. The predicted octanol–water partition coefficient (Wildman–Crippen LogP) is 0.278. The van der Waals surface area contributed by atoms with Gasteiger partial charge in [0.15, 0.2) is 0 Å². The molecule has 8 heavy (non-hydrogen) atoms. The Morgan fingerprint density at radius 1 is 1.88 bits per heavy atom. The summed E-state index contributed by atoms with van der Waals surface area (Å²) in [5, 5.41) is 0. The van der Waals surface area contributed by atoms with Gasteiger partial charge in [0.1, 0.15) is 0 Å². The average molecular weight is 116 g/mol. The second kappa shape index (κ2) is 4.59. The number of hydrogen-bond donors (Lipinski definition) is 1. The van der Waals surface area contributed by atoms with Crippen molar-refractivity contribution in [1.82, 2.24) is 5.48 Å². The first-order valence-electron chi connectivity index (χ1n) is 2.51. The molecule has 0 fully saturated rings. The lowest BCUT2D eigenvalue weighted by Gasteiger charge is -1.98. The van der Waals surface area contributed by atoms with Crippen LogP contribution in [0.5, 0.6) is 0 Å². The van der Waals surface area contributed by atoms with Gasteiger partial charge in [0.25, 0.3) is 0 Å². The Bertz CT molecular complexity index is 72.8. The Morgan fingerprint density at radius 2 is 2.50 bits per heavy atom. The molecule has 0 aliphatic carbocycles. The van der Waals surface area contributed by atoms with Crippen LogP contribution < -0.4 is 5.48 Å². The van der Waals surface area contributed by atoms with Crippen LogP contribution in [0.1, 0.15) is 13.3 Å². The van der Waals surface area contributed by atoms with Gasteiger partial charge in [0.05, 0.1) is 6.61 Å². The summed E-state index contributed by atoms with van der Waals surface area (Å²) >= 11 is 0. The molecule has 0 aliphatic rings. The molecule has 0 rings (SSSR count). The molecule has 1 amide bonds. The molecule has 0 bridgehead atoms. The molecule has 0 unspecified atom stereocenters. The van der Waals surface area contributed by atoms with E-state index in [2.05, 4.69) is 17.2 Å². The summed E-state index contributed by atoms with van der Waals surface area (Å²) in [6, 6.07) is 0. The van der Waals surface area contributed by atoms with Gasteiger partial charge in [-0.15, -0.1) is 0 Å². The van der Waals surface area contributed by atoms with Crippen LogP contribution in [0.2, 0.25) is 0 Å². The van der Waals surface area contributed by atoms with Crippen LogP contribution >= 0.6 is 0 Å². The fourth-order valence-electron chi connectivity index (χ4n) is 0.204. The van der Waals surface area contributed by atoms with Crippen LogP contribution in [0.4, 0.5) is 0 Å². The summed E-state index contributed by atoms with van der Waals surface area (Å²) in [4.78, 5) is 14.8. The van der Waals surface area contributed by atoms with Crippen molar-refractivity contribution in [1.29, 1.82) is 0 Å². The van der Waals surface area contributed by atoms with E-state index in [9.17, 15) is 4.79 Å². The monoisotopic (exact) mass is 116 g/mol. The van der Waals surface area contributed by atoms with Crippen LogP contribution in [0, 0.1) is 6.92 Å². The van der Waals surface area contributed by atoms with Gasteiger partial charge in [-0.3, -0.25) is 9.63 Å². The van der Waals surface area contributed by atoms with Gasteiger partial charge in [-0.2, -0.15) is 0 Å². The average Bonchev–Trinajstić information content (AvgIpc) is 1.83. The van der Waals surface area contributed by atoms with Crippen LogP contribution in [0.15, 0.2) is 0 Å². The third kappa shape index (κ3) is 3.61. The maximum Gasteiger partial charge on any atom is 0.243 e. The van der Waals surface area contributed by atoms with Gasteiger partial charge in [-0.25, -0.2) is 5.48 Å². The van der Waals surface area contributed by atoms with Crippen molar-refractivity contribution in [3.8, 4) is 0 Å². The minimum absolute atomic E-state index is 0.188. The number of rotatable bonds is 3. The van der Waals surface area contributed by atoms with Crippen molar-refractivity contribution >= 4 is 5.91 Å². The largest absolute Gasteiger partial charge is 0.274 e. The van der Waals surface area contributed by atoms with Gasteiger partial charge in [-0.05, 0) is 13.8 Å². The summed E-state index contributed by atoms with van der Waals surface area (Å²) in [6.45, 7) is 5.63. The lowest BCUT2D eigenvalue weighted by molar-refractivity contribution is -0.132. The van der Waals surface area contributed by atoms with Crippen LogP contribution in [0.25, 0.3) is 0 Å². The van der Waals surface area contributed by atoms with Crippen LogP contribution in [0.3, 0.4) is 0 Å². The second-order valence-electron chi connectivity index (χ2n) is 1.21. The van der Waals surface area contributed by atoms with E-state index < -0.39 is 0 Å². The topological polar surface area (TPSA) is 38.3 Å². The number of carbonyl (C=O) groups excluding carboxylic acids is 1. The number of amides is 1. The molecular weight excluding hydrogens is 106 g/mol. The summed E-state index contributed by atoms with van der Waals surface area (Å²) in [6.07, 6.45) is 0.222. The van der Waals surface area contributed by atoms with Gasteiger partial charge in [0, 0.05) is 6.42 Å². The molecule has 0 spiro atoms. The van der Waals surface area contributed by atoms with E-state index in [0.29, 0.717) is 6.61 Å². The van der Waals surface area contributed by atoms with Crippen LogP contribution in [-0.4, -0.2) is 12.5 Å². The van der Waals surface area contributed by atoms with E-state index in [-0.39, 0.29) is 12.3 Å². The SMILES string of the molecule is [CH2]CC(=O)NOCC. The fraction of sp³-hybridized carbons (Fsp3) is 0.600. The first-order valence-corrected chi connectivity index (χ1v) is 2.51. The molecule has 0 aromatic heterocycles. The molecule has 1 radical (unpaired) electrons. The maximum absolute atomic E-state index is 10.3. The molecule has 0 aromatic rings. The van der Waals surface area contributed by atoms with Crippen LogP contribution in [-0.2, 0) is 9.63 Å². The summed E-state index contributed by atoms with van der Waals surface area (Å²) in [5.41, 5.74) is 2.18. The highest BCUT2D eigenvalue weighted by Gasteiger charge is 1.91. The van der Waals surface area contributed by atoms with E-state index in [1.54, 1.807) is 6.92 Å². The molecule has 0 aromatic carbocycles. The lowest BCUT2D eigenvalue weighted by Crippen LogP contribution is -2.22. The fourth-order valence-corrected chi connectivity index (χ4v) is 0.204. The molecule has 0 saturated heterocycles. The lowest BCUT2D eigenvalue weighted by atomic mass is 10.5. The van der Waals surface area contributed by atoms with E-state index in [1.165, 1.54) is 0 Å². The molecular formula is C5H10NO2. The highest BCUT2D eigenvalue weighted by atomic mass is 16.6. The Labute approximate surface area is 49.0 Å². The van der Waals surface area contributed by atoms with Crippen molar-refractivity contribution < 1.29 is 9.63 Å². The summed E-state index contributed by atoms with van der Waals surface area (Å²) in [5.74, 6) is -0.188. The molecule has 0 heterocycles. The molecule has 3 heteroatoms. The highest BCUT2D eigenvalue weighted by molar-refractivity contribution is 5.75. The zero-order valence-corrected chi connectivity index (χ0v) is 4.94. The Morgan fingerprint density at radius 3 is 2.88 bits per heavy atom. The van der Waals surface area contributed by atoms with E-state index in [0.717, 1.165) is 0 Å². The van der Waals surface area contributed by atoms with Crippen molar-refractivity contribution in [2.75, 3.05) is 6.61 Å². The second-order valence-corrected chi connectivity index (χ2v) is 1.21. The number of carbonyl (C=O) groups is 1. The zero-order chi connectivity index (χ0) is 6.41. The van der Waals surface area contributed by atoms with E-state index in [1.807, 2.05) is 0 Å². The van der Waals surface area contributed by atoms with Gasteiger partial charge >= 0.3 is 0 Å². The number of hydrogen-bond acceptors (Lipinski definition) is 2. The van der Waals surface area contributed by atoms with Gasteiger partial charge in [-0.1, -0.05) is 0 Å². The summed E-state index contributed by atoms with van der Waals surface area (Å²) < 4.78 is 0. The minimum atomic E-state index is -0.188. The molecule has 47 valence electrons. The molecule has 1 N–H and O–H groups in total. The quantitative estimate of drug-likeness (QED) is 0.538. The standard InChI is InChI=1S/C5H10NO2/c1-3-5(7)6-8-4-2/h1,3-4H2,2H3,(H,6,7). The summed E-state index contributed by atoms with van der Waals surface area (Å²) in [7, 11) is 0. The first-order chi connectivity index (χ1) is 3.81. The Balaban J connectivity index is 2.99. The Kier molecular flexibility index (Phi) is 4.26. The van der Waals surface area contributed by atoms with Crippen molar-refractivity contribution in [2.45, 2.75) is 13.3 Å². The van der Waals surface area contributed by atoms with E-state index >= 15 is 0 Å². The predicted molar refractivity (Wildman–Crippen MR) is 29.7 cm³/mol. The van der Waals surface area contributed by atoms with Crippen molar-refractivity contribution in [3.05, 3.63) is 6.92 Å². The Hall–Kier alpha value is -0.570. The zero-order valence-electron chi connectivity index (χ0n) is 4.94. The molecule has 0 atom stereocenters. The number of nitrogens with one attached hydrogen (secondary N) is 1. The third-order valence-electron chi connectivity index (χ3n) is 0.557. The van der Waals surface area contributed by atoms with Gasteiger partial charge < -0.3 is 0 Å². The molecule has 0 saturated carbocycles. The van der Waals surface area contributed by atoms with E-state index in [4.69, 9.17) is 0 Å². The first kappa shape index (κ1) is 7.43.